The van der Waals surface area contributed by atoms with Gasteiger partial charge in [0.1, 0.15) is 6.17 Å². The SMILES string of the molecule is CCOc1cccc([C@@H]2CC(c3ccc4c(c3)OCO4)=N[C@H](c3ccccc3Cl)N2)c1O. The molecule has 6 nitrogen and oxygen atoms in total. The number of fused-ring (bicyclic) bond motifs is 1. The van der Waals surface area contributed by atoms with E-state index in [9.17, 15) is 5.11 Å². The van der Waals surface area contributed by atoms with Crippen LogP contribution in [-0.2, 0) is 0 Å². The van der Waals surface area contributed by atoms with Crippen molar-refractivity contribution < 1.29 is 19.3 Å². The molecule has 3 aromatic rings. The summed E-state index contributed by atoms with van der Waals surface area (Å²) >= 11 is 6.50. The zero-order valence-electron chi connectivity index (χ0n) is 17.5. The van der Waals surface area contributed by atoms with Crippen molar-refractivity contribution in [3.63, 3.8) is 0 Å². The third kappa shape index (κ3) is 3.87. The molecule has 2 aliphatic heterocycles. The molecule has 2 aliphatic rings. The van der Waals surface area contributed by atoms with Crippen LogP contribution in [0.5, 0.6) is 23.0 Å². The van der Waals surface area contributed by atoms with E-state index in [0.717, 1.165) is 28.2 Å². The van der Waals surface area contributed by atoms with Crippen molar-refractivity contribution in [1.29, 1.82) is 0 Å². The molecular formula is C25H23ClN2O4. The van der Waals surface area contributed by atoms with Gasteiger partial charge in [0.05, 0.1) is 6.61 Å². The Bertz CT molecular complexity index is 1180. The molecule has 0 amide bonds. The Morgan fingerprint density at radius 2 is 1.88 bits per heavy atom. The van der Waals surface area contributed by atoms with Crippen LogP contribution >= 0.6 is 11.6 Å². The number of aromatic hydroxyl groups is 1. The topological polar surface area (TPSA) is 72.3 Å². The van der Waals surface area contributed by atoms with Crippen molar-refractivity contribution in [1.82, 2.24) is 5.32 Å². The van der Waals surface area contributed by atoms with E-state index >= 15 is 0 Å². The molecule has 0 unspecified atom stereocenters. The van der Waals surface area contributed by atoms with E-state index in [2.05, 4.69) is 5.32 Å². The standard InChI is InChI=1S/C25H23ClN2O4/c1-2-30-22-9-5-7-17(24(22)29)20-13-19(15-10-11-21-23(12-15)32-14-31-21)27-25(28-20)16-6-3-4-8-18(16)26/h3-12,20,25,28-29H,2,13-14H2,1H3/t20-,25-/m0/s1. The molecule has 0 fully saturated rings. The van der Waals surface area contributed by atoms with Crippen LogP contribution in [0, 0.1) is 0 Å². The molecule has 3 aromatic carbocycles. The highest BCUT2D eigenvalue weighted by Gasteiger charge is 2.30. The molecular weight excluding hydrogens is 428 g/mol. The van der Waals surface area contributed by atoms with E-state index in [1.807, 2.05) is 61.5 Å². The van der Waals surface area contributed by atoms with Gasteiger partial charge in [-0.05, 0) is 42.8 Å². The van der Waals surface area contributed by atoms with Gasteiger partial charge < -0.3 is 19.3 Å². The van der Waals surface area contributed by atoms with Gasteiger partial charge in [-0.25, -0.2) is 0 Å². The smallest absolute Gasteiger partial charge is 0.231 e. The number of aliphatic imine (C=N–C) groups is 1. The fourth-order valence-corrected chi connectivity index (χ4v) is 4.34. The van der Waals surface area contributed by atoms with Crippen LogP contribution in [0.2, 0.25) is 5.02 Å². The van der Waals surface area contributed by atoms with Crippen LogP contribution in [0.15, 0.2) is 65.7 Å². The number of phenols is 1. The molecule has 2 N–H and O–H groups in total. The van der Waals surface area contributed by atoms with E-state index in [-0.39, 0.29) is 24.8 Å². The van der Waals surface area contributed by atoms with E-state index in [4.69, 9.17) is 30.8 Å². The Kier molecular flexibility index (Phi) is 5.64. The van der Waals surface area contributed by atoms with Crippen LogP contribution in [0.4, 0.5) is 0 Å². The maximum absolute atomic E-state index is 10.9. The fourth-order valence-electron chi connectivity index (χ4n) is 4.11. The molecule has 32 heavy (non-hydrogen) atoms. The maximum atomic E-state index is 10.9. The van der Waals surface area contributed by atoms with Crippen LogP contribution in [0.3, 0.4) is 0 Å². The monoisotopic (exact) mass is 450 g/mol. The van der Waals surface area contributed by atoms with Crippen molar-refractivity contribution in [2.45, 2.75) is 25.6 Å². The zero-order chi connectivity index (χ0) is 22.1. The van der Waals surface area contributed by atoms with Gasteiger partial charge in [-0.15, -0.1) is 0 Å². The fraction of sp³-hybridized carbons (Fsp3) is 0.240. The maximum Gasteiger partial charge on any atom is 0.231 e. The van der Waals surface area contributed by atoms with Crippen molar-refractivity contribution in [3.05, 3.63) is 82.4 Å². The molecule has 0 radical (unpaired) electrons. The third-order valence-corrected chi connectivity index (χ3v) is 6.00. The number of nitrogens with one attached hydrogen (secondary N) is 1. The second kappa shape index (κ2) is 8.73. The van der Waals surface area contributed by atoms with Crippen molar-refractivity contribution in [2.75, 3.05) is 13.4 Å². The highest BCUT2D eigenvalue weighted by atomic mass is 35.5. The number of hydrogen-bond donors (Lipinski definition) is 2. The number of rotatable bonds is 5. The first kappa shape index (κ1) is 20.7. The number of halogens is 1. The quantitative estimate of drug-likeness (QED) is 0.544. The Labute approximate surface area is 191 Å². The van der Waals surface area contributed by atoms with Gasteiger partial charge in [0.25, 0.3) is 0 Å². The molecule has 2 heterocycles. The van der Waals surface area contributed by atoms with Crippen molar-refractivity contribution >= 4 is 17.3 Å². The summed E-state index contributed by atoms with van der Waals surface area (Å²) < 4.78 is 16.6. The highest BCUT2D eigenvalue weighted by Crippen LogP contribution is 2.41. The number of hydrogen-bond acceptors (Lipinski definition) is 6. The summed E-state index contributed by atoms with van der Waals surface area (Å²) in [5, 5.41) is 15.1. The molecule has 0 aromatic heterocycles. The number of ether oxygens (including phenoxy) is 3. The molecule has 0 bridgehead atoms. The second-order valence-corrected chi connectivity index (χ2v) is 8.03. The number of nitrogens with zero attached hydrogens (tertiary/aromatic N) is 1. The molecule has 164 valence electrons. The van der Waals surface area contributed by atoms with E-state index in [0.29, 0.717) is 29.5 Å². The number of para-hydroxylation sites is 1. The number of phenolic OH excluding ortho intramolecular Hbond substituents is 1. The Balaban J connectivity index is 1.57. The molecule has 0 spiro atoms. The third-order valence-electron chi connectivity index (χ3n) is 5.65. The summed E-state index contributed by atoms with van der Waals surface area (Å²) in [4.78, 5) is 4.98. The first-order chi connectivity index (χ1) is 15.6. The Hall–Kier alpha value is -3.22. The molecule has 0 aliphatic carbocycles. The summed E-state index contributed by atoms with van der Waals surface area (Å²) in [6.07, 6.45) is 0.196. The molecule has 7 heteroatoms. The lowest BCUT2D eigenvalue weighted by molar-refractivity contribution is 0.174. The predicted octanol–water partition coefficient (Wildman–Crippen LogP) is 5.40. The largest absolute Gasteiger partial charge is 0.504 e. The van der Waals surface area contributed by atoms with Crippen molar-refractivity contribution in [2.24, 2.45) is 4.99 Å². The zero-order valence-corrected chi connectivity index (χ0v) is 18.3. The van der Waals surface area contributed by atoms with Crippen LogP contribution in [0.25, 0.3) is 0 Å². The minimum atomic E-state index is -0.377. The predicted molar refractivity (Wildman–Crippen MR) is 123 cm³/mol. The van der Waals surface area contributed by atoms with E-state index in [1.165, 1.54) is 0 Å². The summed E-state index contributed by atoms with van der Waals surface area (Å²) in [6.45, 7) is 2.58. The summed E-state index contributed by atoms with van der Waals surface area (Å²) in [7, 11) is 0. The van der Waals surface area contributed by atoms with E-state index in [1.54, 1.807) is 6.07 Å². The minimum absolute atomic E-state index is 0.136. The van der Waals surface area contributed by atoms with Gasteiger partial charge in [-0.2, -0.15) is 0 Å². The lowest BCUT2D eigenvalue weighted by Crippen LogP contribution is -2.33. The molecule has 0 saturated heterocycles. The summed E-state index contributed by atoms with van der Waals surface area (Å²) in [5.41, 5.74) is 3.45. The van der Waals surface area contributed by atoms with Gasteiger partial charge in [0, 0.05) is 34.3 Å². The van der Waals surface area contributed by atoms with Crippen LogP contribution < -0.4 is 19.5 Å². The first-order valence-corrected chi connectivity index (χ1v) is 10.9. The summed E-state index contributed by atoms with van der Waals surface area (Å²) in [6, 6.07) is 18.8. The molecule has 5 rings (SSSR count). The highest BCUT2D eigenvalue weighted by molar-refractivity contribution is 6.31. The van der Waals surface area contributed by atoms with E-state index < -0.39 is 0 Å². The summed E-state index contributed by atoms with van der Waals surface area (Å²) in [5.74, 6) is 2.03. The van der Waals surface area contributed by atoms with Crippen LogP contribution in [-0.4, -0.2) is 24.2 Å². The normalized spacial score (nSPS) is 19.5. The molecule has 0 saturated carbocycles. The van der Waals surface area contributed by atoms with Gasteiger partial charge in [0.2, 0.25) is 6.79 Å². The Morgan fingerprint density at radius 1 is 1.06 bits per heavy atom. The van der Waals surface area contributed by atoms with Crippen LogP contribution in [0.1, 0.15) is 42.2 Å². The minimum Gasteiger partial charge on any atom is -0.504 e. The second-order valence-electron chi connectivity index (χ2n) is 7.62. The lowest BCUT2D eigenvalue weighted by Gasteiger charge is -2.31. The van der Waals surface area contributed by atoms with Crippen molar-refractivity contribution in [3.8, 4) is 23.0 Å². The number of benzene rings is 3. The van der Waals surface area contributed by atoms with Gasteiger partial charge in [-0.1, -0.05) is 41.9 Å². The first-order valence-electron chi connectivity index (χ1n) is 10.6. The molecule has 2 atom stereocenters. The van der Waals surface area contributed by atoms with Gasteiger partial charge in [-0.3, -0.25) is 10.3 Å². The Morgan fingerprint density at radius 3 is 2.72 bits per heavy atom. The lowest BCUT2D eigenvalue weighted by atomic mass is 9.93. The van der Waals surface area contributed by atoms with Gasteiger partial charge in [0.15, 0.2) is 23.0 Å². The van der Waals surface area contributed by atoms with Gasteiger partial charge >= 0.3 is 0 Å². The average Bonchev–Trinajstić information content (AvgIpc) is 3.28. The average molecular weight is 451 g/mol.